The SMILES string of the molecule is CC(=O)c1c(N)nn(-c2ccc(F)cc2)c1N. The van der Waals surface area contributed by atoms with Crippen LogP contribution in [-0.4, -0.2) is 15.6 Å². The van der Waals surface area contributed by atoms with E-state index in [1.807, 2.05) is 0 Å². The number of hydrogen-bond donors (Lipinski definition) is 2. The number of hydrogen-bond acceptors (Lipinski definition) is 4. The highest BCUT2D eigenvalue weighted by Crippen LogP contribution is 2.23. The first kappa shape index (κ1) is 11.1. The molecule has 0 saturated heterocycles. The fourth-order valence-corrected chi connectivity index (χ4v) is 1.59. The van der Waals surface area contributed by atoms with Crippen LogP contribution in [0.25, 0.3) is 5.69 Å². The van der Waals surface area contributed by atoms with Crippen molar-refractivity contribution in [1.29, 1.82) is 0 Å². The number of Topliss-reactive ketones (excluding diaryl/α,β-unsaturated/α-hetero) is 1. The highest BCUT2D eigenvalue weighted by Gasteiger charge is 2.17. The van der Waals surface area contributed by atoms with Crippen molar-refractivity contribution in [2.24, 2.45) is 0 Å². The van der Waals surface area contributed by atoms with Gasteiger partial charge in [0.1, 0.15) is 17.2 Å². The lowest BCUT2D eigenvalue weighted by molar-refractivity contribution is 0.101. The van der Waals surface area contributed by atoms with Gasteiger partial charge >= 0.3 is 0 Å². The summed E-state index contributed by atoms with van der Waals surface area (Å²) in [6, 6.07) is 5.56. The molecule has 0 unspecified atom stereocenters. The zero-order valence-corrected chi connectivity index (χ0v) is 9.14. The Morgan fingerprint density at radius 2 is 1.88 bits per heavy atom. The van der Waals surface area contributed by atoms with Crippen LogP contribution in [-0.2, 0) is 0 Å². The number of nitrogens with zero attached hydrogens (tertiary/aromatic N) is 2. The molecule has 1 aromatic heterocycles. The molecule has 0 aliphatic heterocycles. The minimum Gasteiger partial charge on any atom is -0.383 e. The third-order valence-corrected chi connectivity index (χ3v) is 2.37. The fourth-order valence-electron chi connectivity index (χ4n) is 1.59. The van der Waals surface area contributed by atoms with Crippen LogP contribution >= 0.6 is 0 Å². The lowest BCUT2D eigenvalue weighted by atomic mass is 10.2. The summed E-state index contributed by atoms with van der Waals surface area (Å²) in [5.74, 6) is -0.395. The molecule has 1 aromatic carbocycles. The summed E-state index contributed by atoms with van der Waals surface area (Å²) in [6.07, 6.45) is 0. The molecule has 0 fully saturated rings. The van der Waals surface area contributed by atoms with Gasteiger partial charge in [0.15, 0.2) is 11.6 Å². The van der Waals surface area contributed by atoms with Crippen LogP contribution in [0, 0.1) is 5.82 Å². The molecule has 0 spiro atoms. The van der Waals surface area contributed by atoms with Crippen LogP contribution in [0.1, 0.15) is 17.3 Å². The molecule has 0 atom stereocenters. The average molecular weight is 234 g/mol. The Kier molecular flexibility index (Phi) is 2.55. The maximum absolute atomic E-state index is 12.8. The Morgan fingerprint density at radius 3 is 2.35 bits per heavy atom. The number of halogens is 1. The predicted octanol–water partition coefficient (Wildman–Crippen LogP) is 1.38. The predicted molar refractivity (Wildman–Crippen MR) is 62.4 cm³/mol. The molecule has 2 rings (SSSR count). The first-order valence-corrected chi connectivity index (χ1v) is 4.91. The maximum Gasteiger partial charge on any atom is 0.167 e. The molecule has 6 heteroatoms. The third-order valence-electron chi connectivity index (χ3n) is 2.37. The number of ketones is 1. The molecular formula is C11H11FN4O. The second-order valence-corrected chi connectivity index (χ2v) is 3.59. The second-order valence-electron chi connectivity index (χ2n) is 3.59. The van der Waals surface area contributed by atoms with Gasteiger partial charge in [-0.2, -0.15) is 0 Å². The first-order valence-electron chi connectivity index (χ1n) is 4.91. The van der Waals surface area contributed by atoms with Gasteiger partial charge in [0.25, 0.3) is 0 Å². The summed E-state index contributed by atoms with van der Waals surface area (Å²) in [4.78, 5) is 11.3. The van der Waals surface area contributed by atoms with Crippen molar-refractivity contribution < 1.29 is 9.18 Å². The normalized spacial score (nSPS) is 10.5. The van der Waals surface area contributed by atoms with Crippen molar-refractivity contribution >= 4 is 17.4 Å². The van der Waals surface area contributed by atoms with Gasteiger partial charge < -0.3 is 11.5 Å². The highest BCUT2D eigenvalue weighted by molar-refractivity contribution is 6.02. The van der Waals surface area contributed by atoms with E-state index in [0.29, 0.717) is 5.69 Å². The van der Waals surface area contributed by atoms with E-state index in [4.69, 9.17) is 11.5 Å². The molecule has 0 radical (unpaired) electrons. The first-order chi connectivity index (χ1) is 8.00. The van der Waals surface area contributed by atoms with Gasteiger partial charge in [-0.25, -0.2) is 9.07 Å². The van der Waals surface area contributed by atoms with Gasteiger partial charge in [0, 0.05) is 0 Å². The number of carbonyl (C=O) groups excluding carboxylic acids is 1. The van der Waals surface area contributed by atoms with Crippen molar-refractivity contribution in [3.8, 4) is 5.69 Å². The molecule has 2 aromatic rings. The molecule has 0 bridgehead atoms. The van der Waals surface area contributed by atoms with Crippen molar-refractivity contribution in [3.05, 3.63) is 35.6 Å². The zero-order chi connectivity index (χ0) is 12.6. The van der Waals surface area contributed by atoms with Gasteiger partial charge in [-0.05, 0) is 31.2 Å². The fraction of sp³-hybridized carbons (Fsp3) is 0.0909. The molecule has 0 amide bonds. The van der Waals surface area contributed by atoms with Gasteiger partial charge in [0.2, 0.25) is 0 Å². The Labute approximate surface area is 96.8 Å². The average Bonchev–Trinajstić information content (AvgIpc) is 2.55. The third kappa shape index (κ3) is 1.84. The van der Waals surface area contributed by atoms with Crippen LogP contribution in [0.2, 0.25) is 0 Å². The minimum atomic E-state index is -0.362. The number of rotatable bonds is 2. The van der Waals surface area contributed by atoms with Crippen LogP contribution in [0.15, 0.2) is 24.3 Å². The van der Waals surface area contributed by atoms with Gasteiger partial charge in [-0.3, -0.25) is 4.79 Å². The van der Waals surface area contributed by atoms with E-state index >= 15 is 0 Å². The smallest absolute Gasteiger partial charge is 0.167 e. The van der Waals surface area contributed by atoms with E-state index in [9.17, 15) is 9.18 Å². The monoisotopic (exact) mass is 234 g/mol. The molecule has 0 aliphatic rings. The number of nitrogens with two attached hydrogens (primary N) is 2. The second kappa shape index (κ2) is 3.89. The van der Waals surface area contributed by atoms with Gasteiger partial charge in [0.05, 0.1) is 5.69 Å². The quantitative estimate of drug-likeness (QED) is 0.768. The van der Waals surface area contributed by atoms with E-state index < -0.39 is 0 Å². The van der Waals surface area contributed by atoms with E-state index in [0.717, 1.165) is 0 Å². The Hall–Kier alpha value is -2.37. The summed E-state index contributed by atoms with van der Waals surface area (Å²) in [7, 11) is 0. The van der Waals surface area contributed by atoms with E-state index in [2.05, 4.69) is 5.10 Å². The Bertz CT molecular complexity index is 574. The van der Waals surface area contributed by atoms with Crippen LogP contribution in [0.5, 0.6) is 0 Å². The number of nitrogen functional groups attached to an aromatic ring is 2. The van der Waals surface area contributed by atoms with E-state index in [-0.39, 0.29) is 28.8 Å². The summed E-state index contributed by atoms with van der Waals surface area (Å²) in [5.41, 5.74) is 12.1. The van der Waals surface area contributed by atoms with Crippen molar-refractivity contribution in [2.75, 3.05) is 11.5 Å². The Balaban J connectivity index is 2.57. The number of aromatic nitrogens is 2. The summed E-state index contributed by atoms with van der Waals surface area (Å²) < 4.78 is 14.1. The largest absolute Gasteiger partial charge is 0.383 e. The number of carbonyl (C=O) groups is 1. The molecule has 0 aliphatic carbocycles. The summed E-state index contributed by atoms with van der Waals surface area (Å²) in [5, 5.41) is 3.96. The molecule has 88 valence electrons. The van der Waals surface area contributed by atoms with Crippen LogP contribution < -0.4 is 11.5 Å². The molecule has 1 heterocycles. The topological polar surface area (TPSA) is 86.9 Å². The van der Waals surface area contributed by atoms with Crippen molar-refractivity contribution in [1.82, 2.24) is 9.78 Å². The number of benzene rings is 1. The van der Waals surface area contributed by atoms with Gasteiger partial charge in [-0.15, -0.1) is 5.10 Å². The standard InChI is InChI=1S/C11H11FN4O/c1-6(17)9-10(13)15-16(11(9)14)8-4-2-7(12)3-5-8/h2-5H,14H2,1H3,(H2,13,15). The number of anilines is 2. The van der Waals surface area contributed by atoms with Gasteiger partial charge in [-0.1, -0.05) is 0 Å². The molecule has 17 heavy (non-hydrogen) atoms. The molecule has 4 N–H and O–H groups in total. The minimum absolute atomic E-state index is 0.0688. The summed E-state index contributed by atoms with van der Waals surface area (Å²) >= 11 is 0. The lowest BCUT2D eigenvalue weighted by Gasteiger charge is -2.03. The highest BCUT2D eigenvalue weighted by atomic mass is 19.1. The van der Waals surface area contributed by atoms with E-state index in [1.54, 1.807) is 0 Å². The lowest BCUT2D eigenvalue weighted by Crippen LogP contribution is -2.04. The molecule has 5 nitrogen and oxygen atoms in total. The Morgan fingerprint density at radius 1 is 1.29 bits per heavy atom. The summed E-state index contributed by atoms with van der Waals surface area (Å²) in [6.45, 7) is 1.36. The van der Waals surface area contributed by atoms with Crippen molar-refractivity contribution in [2.45, 2.75) is 6.92 Å². The molecule has 0 saturated carbocycles. The maximum atomic E-state index is 12.8. The zero-order valence-electron chi connectivity index (χ0n) is 9.14. The van der Waals surface area contributed by atoms with Crippen molar-refractivity contribution in [3.63, 3.8) is 0 Å². The van der Waals surface area contributed by atoms with Crippen LogP contribution in [0.4, 0.5) is 16.0 Å². The van der Waals surface area contributed by atoms with Crippen LogP contribution in [0.3, 0.4) is 0 Å². The molecular weight excluding hydrogens is 223 g/mol. The van der Waals surface area contributed by atoms with E-state index in [1.165, 1.54) is 35.9 Å².